The van der Waals surface area contributed by atoms with Gasteiger partial charge in [-0.3, -0.25) is 4.79 Å². The second-order valence-corrected chi connectivity index (χ2v) is 9.57. The first kappa shape index (κ1) is 19.1. The van der Waals surface area contributed by atoms with Crippen molar-refractivity contribution in [2.45, 2.75) is 23.0 Å². The molecule has 0 aliphatic heterocycles. The van der Waals surface area contributed by atoms with Crippen LogP contribution >= 0.6 is 15.9 Å². The summed E-state index contributed by atoms with van der Waals surface area (Å²) in [6.45, 7) is 1.70. The van der Waals surface area contributed by atoms with E-state index in [0.29, 0.717) is 5.56 Å². The van der Waals surface area contributed by atoms with E-state index >= 15 is 0 Å². The molecule has 0 aromatic heterocycles. The van der Waals surface area contributed by atoms with Crippen LogP contribution in [0, 0.1) is 12.3 Å². The maximum atomic E-state index is 13.2. The van der Waals surface area contributed by atoms with E-state index in [-0.39, 0.29) is 11.5 Å². The monoisotopic (exact) mass is 438 g/mol. The normalized spacial score (nSPS) is 25.0. The van der Waals surface area contributed by atoms with Crippen LogP contribution in [0.4, 0.5) is 0 Å². The maximum absolute atomic E-state index is 13.2. The lowest BCUT2D eigenvalue weighted by atomic mass is 10.0. The Bertz CT molecular complexity index is 921. The summed E-state index contributed by atoms with van der Waals surface area (Å²) in [5.41, 5.74) is 0.116. The Hall–Kier alpha value is -1.70. The molecule has 1 aliphatic rings. The molecule has 2 aromatic carbocycles. The molecule has 0 unspecified atom stereocenters. The molecule has 7 heteroatoms. The number of carbonyl (C=O) groups is 1. The van der Waals surface area contributed by atoms with Gasteiger partial charge < -0.3 is 9.84 Å². The standard InChI is InChI=1S/C19H19BrO5S/c1-12-3-9-15(10-4-12)26(23,24)17-16(13-5-7-14(20)8-6-13)19(17,11-25-2)18(21)22/h3-10,16-17H,11H2,1-2H3,(H,21,22)/t16-,17+,19-/m0/s1. The molecule has 1 saturated carbocycles. The summed E-state index contributed by atoms with van der Waals surface area (Å²) in [6.07, 6.45) is 0. The van der Waals surface area contributed by atoms with Gasteiger partial charge >= 0.3 is 5.97 Å². The highest BCUT2D eigenvalue weighted by molar-refractivity contribution is 9.10. The molecular weight excluding hydrogens is 420 g/mol. The lowest BCUT2D eigenvalue weighted by molar-refractivity contribution is -0.145. The van der Waals surface area contributed by atoms with Crippen molar-refractivity contribution in [2.75, 3.05) is 13.7 Å². The number of methoxy groups -OCH3 is 1. The molecule has 0 amide bonds. The quantitative estimate of drug-likeness (QED) is 0.746. The lowest BCUT2D eigenvalue weighted by Gasteiger charge is -2.12. The zero-order chi connectivity index (χ0) is 19.1. The minimum Gasteiger partial charge on any atom is -0.481 e. The molecule has 3 atom stereocenters. The molecule has 1 fully saturated rings. The molecule has 3 rings (SSSR count). The van der Waals surface area contributed by atoms with Gasteiger partial charge in [-0.1, -0.05) is 45.8 Å². The van der Waals surface area contributed by atoms with Crippen LogP contribution in [0.15, 0.2) is 57.9 Å². The molecule has 0 bridgehead atoms. The number of aliphatic carboxylic acids is 1. The fraction of sp³-hybridized carbons (Fsp3) is 0.316. The van der Waals surface area contributed by atoms with Crippen LogP contribution in [0.25, 0.3) is 0 Å². The van der Waals surface area contributed by atoms with Gasteiger partial charge in [0.1, 0.15) is 5.41 Å². The van der Waals surface area contributed by atoms with Crippen LogP contribution in [-0.4, -0.2) is 38.5 Å². The highest BCUT2D eigenvalue weighted by Gasteiger charge is 2.76. The number of benzene rings is 2. The van der Waals surface area contributed by atoms with Gasteiger partial charge in [-0.05, 0) is 36.8 Å². The largest absolute Gasteiger partial charge is 0.481 e. The van der Waals surface area contributed by atoms with Crippen LogP contribution in [0.1, 0.15) is 17.0 Å². The zero-order valence-electron chi connectivity index (χ0n) is 14.3. The van der Waals surface area contributed by atoms with E-state index in [2.05, 4.69) is 15.9 Å². The predicted molar refractivity (Wildman–Crippen MR) is 101 cm³/mol. The van der Waals surface area contributed by atoms with Gasteiger partial charge in [-0.2, -0.15) is 0 Å². The molecule has 1 N–H and O–H groups in total. The van der Waals surface area contributed by atoms with E-state index in [9.17, 15) is 18.3 Å². The summed E-state index contributed by atoms with van der Waals surface area (Å²) in [5.74, 6) is -1.83. The summed E-state index contributed by atoms with van der Waals surface area (Å²) >= 11 is 3.34. The van der Waals surface area contributed by atoms with Crippen molar-refractivity contribution in [3.63, 3.8) is 0 Å². The number of carboxylic acids is 1. The van der Waals surface area contributed by atoms with E-state index in [1.54, 1.807) is 36.4 Å². The molecule has 1 aliphatic carbocycles. The number of sulfone groups is 1. The van der Waals surface area contributed by atoms with Crippen molar-refractivity contribution >= 4 is 31.7 Å². The molecule has 138 valence electrons. The van der Waals surface area contributed by atoms with Crippen molar-refractivity contribution < 1.29 is 23.1 Å². The maximum Gasteiger partial charge on any atom is 0.314 e. The summed E-state index contributed by atoms with van der Waals surface area (Å²) in [6, 6.07) is 13.6. The topological polar surface area (TPSA) is 80.7 Å². The smallest absolute Gasteiger partial charge is 0.314 e. The molecule has 26 heavy (non-hydrogen) atoms. The first-order chi connectivity index (χ1) is 12.2. The van der Waals surface area contributed by atoms with Gasteiger partial charge in [0, 0.05) is 17.5 Å². The number of carboxylic acid groups (broad SMARTS) is 1. The van der Waals surface area contributed by atoms with Crippen LogP contribution in [0.2, 0.25) is 0 Å². The molecular formula is C19H19BrO5S. The third-order valence-corrected chi connectivity index (χ3v) is 7.77. The second kappa shape index (κ2) is 6.79. The number of hydrogen-bond acceptors (Lipinski definition) is 4. The Morgan fingerprint density at radius 3 is 2.23 bits per heavy atom. The Morgan fingerprint density at radius 1 is 1.15 bits per heavy atom. The van der Waals surface area contributed by atoms with Crippen LogP contribution in [-0.2, 0) is 19.4 Å². The summed E-state index contributed by atoms with van der Waals surface area (Å²) in [5, 5.41) is 8.82. The molecule has 0 spiro atoms. The van der Waals surface area contributed by atoms with Crippen LogP contribution in [0.5, 0.6) is 0 Å². The van der Waals surface area contributed by atoms with E-state index in [4.69, 9.17) is 4.74 Å². The van der Waals surface area contributed by atoms with E-state index in [1.165, 1.54) is 19.2 Å². The fourth-order valence-corrected chi connectivity index (χ4v) is 6.23. The average Bonchev–Trinajstić information content (AvgIpc) is 3.27. The van der Waals surface area contributed by atoms with E-state index < -0.39 is 32.4 Å². The van der Waals surface area contributed by atoms with Crippen molar-refractivity contribution in [3.8, 4) is 0 Å². The number of halogens is 1. The van der Waals surface area contributed by atoms with Crippen molar-refractivity contribution in [1.82, 2.24) is 0 Å². The minimum absolute atomic E-state index is 0.134. The van der Waals surface area contributed by atoms with Gasteiger partial charge in [0.25, 0.3) is 0 Å². The highest BCUT2D eigenvalue weighted by Crippen LogP contribution is 2.64. The van der Waals surface area contributed by atoms with Crippen LogP contribution < -0.4 is 0 Å². The molecule has 0 saturated heterocycles. The zero-order valence-corrected chi connectivity index (χ0v) is 16.7. The minimum atomic E-state index is -3.84. The average molecular weight is 439 g/mol. The number of ether oxygens (including phenoxy) is 1. The Labute approximate surface area is 161 Å². The second-order valence-electron chi connectivity index (χ2n) is 6.59. The summed E-state index contributed by atoms with van der Waals surface area (Å²) in [7, 11) is -2.45. The third-order valence-electron chi connectivity index (χ3n) is 4.95. The first-order valence-corrected chi connectivity index (χ1v) is 10.4. The SMILES string of the molecule is COC[C@@]1(C(=O)O)[C@H](S(=O)(=O)c2ccc(C)cc2)[C@@H]1c1ccc(Br)cc1. The molecule has 5 nitrogen and oxygen atoms in total. The Morgan fingerprint density at radius 2 is 1.73 bits per heavy atom. The molecule has 2 aromatic rings. The van der Waals surface area contributed by atoms with Gasteiger partial charge in [0.2, 0.25) is 0 Å². The van der Waals surface area contributed by atoms with E-state index in [1.807, 2.05) is 6.92 Å². The van der Waals surface area contributed by atoms with Gasteiger partial charge in [-0.15, -0.1) is 0 Å². The van der Waals surface area contributed by atoms with Crippen molar-refractivity contribution in [3.05, 3.63) is 64.1 Å². The number of aryl methyl sites for hydroxylation is 1. The fourth-order valence-electron chi connectivity index (χ4n) is 3.60. The van der Waals surface area contributed by atoms with Crippen LogP contribution in [0.3, 0.4) is 0 Å². The van der Waals surface area contributed by atoms with Gasteiger partial charge in [0.15, 0.2) is 9.84 Å². The first-order valence-electron chi connectivity index (χ1n) is 8.03. The van der Waals surface area contributed by atoms with Crippen molar-refractivity contribution in [1.29, 1.82) is 0 Å². The third kappa shape index (κ3) is 2.98. The van der Waals surface area contributed by atoms with Gasteiger partial charge in [0.05, 0.1) is 16.8 Å². The number of hydrogen-bond donors (Lipinski definition) is 1. The van der Waals surface area contributed by atoms with E-state index in [0.717, 1.165) is 10.0 Å². The number of rotatable bonds is 6. The lowest BCUT2D eigenvalue weighted by Crippen LogP contribution is -2.28. The molecule has 0 heterocycles. The Balaban J connectivity index is 2.11. The summed E-state index contributed by atoms with van der Waals surface area (Å²) in [4.78, 5) is 12.2. The van der Waals surface area contributed by atoms with Gasteiger partial charge in [-0.25, -0.2) is 8.42 Å². The molecule has 0 radical (unpaired) electrons. The summed E-state index contributed by atoms with van der Waals surface area (Å²) < 4.78 is 32.4. The predicted octanol–water partition coefficient (Wildman–Crippen LogP) is 3.41. The van der Waals surface area contributed by atoms with Crippen molar-refractivity contribution in [2.24, 2.45) is 5.41 Å². The highest BCUT2D eigenvalue weighted by atomic mass is 79.9. The Kier molecular flexibility index (Phi) is 4.98.